The molecule has 6 nitrogen and oxygen atoms in total. The Hall–Kier alpha value is -2.90. The van der Waals surface area contributed by atoms with Crippen LogP contribution in [0.15, 0.2) is 59.1 Å². The van der Waals surface area contributed by atoms with E-state index < -0.39 is 0 Å². The third-order valence-electron chi connectivity index (χ3n) is 6.11. The molecule has 190 valence electrons. The van der Waals surface area contributed by atoms with Crippen LogP contribution < -0.4 is 25.0 Å². The zero-order chi connectivity index (χ0) is 25.5. The summed E-state index contributed by atoms with van der Waals surface area (Å²) in [4.78, 5) is 14.7. The highest BCUT2D eigenvalue weighted by Gasteiger charge is 2.16. The van der Waals surface area contributed by atoms with Crippen LogP contribution in [0.5, 0.6) is 11.5 Å². The smallest absolute Gasteiger partial charge is 0.262 e. The van der Waals surface area contributed by atoms with E-state index in [4.69, 9.17) is 21.1 Å². The zero-order valence-corrected chi connectivity index (χ0v) is 22.9. The largest absolute Gasteiger partial charge is 0.493 e. The minimum Gasteiger partial charge on any atom is -0.493 e. The van der Waals surface area contributed by atoms with Gasteiger partial charge in [-0.15, -0.1) is 0 Å². The fourth-order valence-electron chi connectivity index (χ4n) is 4.20. The molecule has 0 bridgehead atoms. The van der Waals surface area contributed by atoms with Crippen LogP contribution in [0.2, 0.25) is 5.02 Å². The van der Waals surface area contributed by atoms with E-state index in [0.717, 1.165) is 46.3 Å². The molecule has 0 spiro atoms. The number of halogens is 2. The molecule has 3 aromatic carbocycles. The molecule has 1 aliphatic heterocycles. The summed E-state index contributed by atoms with van der Waals surface area (Å²) in [6, 6.07) is 17.6. The van der Waals surface area contributed by atoms with E-state index in [2.05, 4.69) is 43.6 Å². The Morgan fingerprint density at radius 3 is 2.44 bits per heavy atom. The highest BCUT2D eigenvalue weighted by Crippen LogP contribution is 2.37. The number of amides is 1. The molecule has 1 aliphatic rings. The Bertz CT molecular complexity index is 1200. The third-order valence-corrected chi connectivity index (χ3v) is 7.00. The molecule has 4 rings (SSSR count). The van der Waals surface area contributed by atoms with Crippen LogP contribution in [0.1, 0.15) is 30.4 Å². The summed E-state index contributed by atoms with van der Waals surface area (Å²) in [5.41, 5.74) is 4.89. The summed E-state index contributed by atoms with van der Waals surface area (Å²) in [6.45, 7) is 4.55. The standard InChI is InChI=1S/C28H31BrClN3O3/c1-19-6-8-21(9-7-19)32-27(34)18-36-28-23(29)14-20(15-26(28)35-2)17-31-22-10-11-25(24(30)16-22)33-12-4-3-5-13-33/h6-11,14-16,31H,3-5,12-13,17-18H2,1-2H3,(H,32,34). The van der Waals surface area contributed by atoms with Crippen molar-refractivity contribution in [1.82, 2.24) is 0 Å². The maximum absolute atomic E-state index is 12.3. The van der Waals surface area contributed by atoms with Crippen molar-refractivity contribution in [3.63, 3.8) is 0 Å². The number of anilines is 3. The molecule has 0 unspecified atom stereocenters. The molecular formula is C28H31BrClN3O3. The van der Waals surface area contributed by atoms with Crippen molar-refractivity contribution in [1.29, 1.82) is 0 Å². The van der Waals surface area contributed by atoms with Crippen LogP contribution in [0, 0.1) is 6.92 Å². The van der Waals surface area contributed by atoms with Gasteiger partial charge in [-0.2, -0.15) is 0 Å². The van der Waals surface area contributed by atoms with Gasteiger partial charge in [-0.05, 0) is 90.1 Å². The van der Waals surface area contributed by atoms with Crippen molar-refractivity contribution in [3.05, 3.63) is 75.2 Å². The second kappa shape index (κ2) is 12.4. The molecule has 0 saturated carbocycles. The van der Waals surface area contributed by atoms with E-state index in [1.807, 2.05) is 49.4 Å². The molecule has 0 atom stereocenters. The second-order valence-corrected chi connectivity index (χ2v) is 10.1. The van der Waals surface area contributed by atoms with Gasteiger partial charge in [0, 0.05) is 31.0 Å². The number of carbonyl (C=O) groups is 1. The number of nitrogens with one attached hydrogen (secondary N) is 2. The van der Waals surface area contributed by atoms with Crippen molar-refractivity contribution < 1.29 is 14.3 Å². The molecule has 8 heteroatoms. The lowest BCUT2D eigenvalue weighted by Gasteiger charge is -2.29. The molecule has 0 aromatic heterocycles. The van der Waals surface area contributed by atoms with Gasteiger partial charge in [-0.1, -0.05) is 29.3 Å². The Kier molecular flexibility index (Phi) is 8.99. The molecule has 2 N–H and O–H groups in total. The second-order valence-electron chi connectivity index (χ2n) is 8.88. The number of hydrogen-bond donors (Lipinski definition) is 2. The number of benzene rings is 3. The highest BCUT2D eigenvalue weighted by molar-refractivity contribution is 9.10. The van der Waals surface area contributed by atoms with Gasteiger partial charge in [0.05, 0.1) is 22.3 Å². The third kappa shape index (κ3) is 6.86. The van der Waals surface area contributed by atoms with Gasteiger partial charge in [0.2, 0.25) is 0 Å². The van der Waals surface area contributed by atoms with Crippen molar-refractivity contribution in [2.75, 3.05) is 42.3 Å². The number of piperidine rings is 1. The molecule has 36 heavy (non-hydrogen) atoms. The summed E-state index contributed by atoms with van der Waals surface area (Å²) >= 11 is 10.2. The summed E-state index contributed by atoms with van der Waals surface area (Å²) in [5, 5.41) is 7.02. The molecule has 0 radical (unpaired) electrons. The first-order chi connectivity index (χ1) is 17.4. The molecule has 1 saturated heterocycles. The van der Waals surface area contributed by atoms with Gasteiger partial charge in [0.25, 0.3) is 5.91 Å². The summed E-state index contributed by atoms with van der Waals surface area (Å²) in [6.07, 6.45) is 3.71. The first kappa shape index (κ1) is 26.2. The minimum atomic E-state index is -0.247. The summed E-state index contributed by atoms with van der Waals surface area (Å²) in [7, 11) is 1.58. The number of rotatable bonds is 9. The predicted octanol–water partition coefficient (Wildman–Crippen LogP) is 7.04. The van der Waals surface area contributed by atoms with Crippen LogP contribution in [0.4, 0.5) is 17.1 Å². The first-order valence-corrected chi connectivity index (χ1v) is 13.2. The average molecular weight is 573 g/mol. The number of ether oxygens (including phenoxy) is 2. The highest BCUT2D eigenvalue weighted by atomic mass is 79.9. The van der Waals surface area contributed by atoms with Gasteiger partial charge >= 0.3 is 0 Å². The lowest BCUT2D eigenvalue weighted by molar-refractivity contribution is -0.118. The maximum atomic E-state index is 12.3. The van der Waals surface area contributed by atoms with E-state index in [1.54, 1.807) is 7.11 Å². The Morgan fingerprint density at radius 2 is 1.75 bits per heavy atom. The van der Waals surface area contributed by atoms with Gasteiger partial charge in [0.1, 0.15) is 0 Å². The van der Waals surface area contributed by atoms with E-state index in [9.17, 15) is 4.79 Å². The van der Waals surface area contributed by atoms with E-state index in [-0.39, 0.29) is 12.5 Å². The lowest BCUT2D eigenvalue weighted by Crippen LogP contribution is -2.29. The molecule has 1 fully saturated rings. The average Bonchev–Trinajstić information content (AvgIpc) is 2.88. The SMILES string of the molecule is COc1cc(CNc2ccc(N3CCCCC3)c(Cl)c2)cc(Br)c1OCC(=O)Nc1ccc(C)cc1. The van der Waals surface area contributed by atoms with Crippen LogP contribution in [0.25, 0.3) is 0 Å². The summed E-state index contributed by atoms with van der Waals surface area (Å²) < 4.78 is 12.0. The van der Waals surface area contributed by atoms with Crippen LogP contribution >= 0.6 is 27.5 Å². The van der Waals surface area contributed by atoms with Gasteiger partial charge in [-0.25, -0.2) is 0 Å². The van der Waals surface area contributed by atoms with Gasteiger partial charge < -0.3 is 25.0 Å². The number of nitrogens with zero attached hydrogens (tertiary/aromatic N) is 1. The number of aryl methyl sites for hydroxylation is 1. The molecule has 3 aromatic rings. The van der Waals surface area contributed by atoms with Gasteiger partial charge in [0.15, 0.2) is 18.1 Å². The van der Waals surface area contributed by atoms with Crippen molar-refractivity contribution >= 4 is 50.5 Å². The Balaban J connectivity index is 1.36. The summed E-state index contributed by atoms with van der Waals surface area (Å²) in [5.74, 6) is 0.778. The van der Waals surface area contributed by atoms with Gasteiger partial charge in [-0.3, -0.25) is 4.79 Å². The normalized spacial score (nSPS) is 13.3. The van der Waals surface area contributed by atoms with Crippen LogP contribution in [-0.4, -0.2) is 32.7 Å². The minimum absolute atomic E-state index is 0.137. The maximum Gasteiger partial charge on any atom is 0.262 e. The zero-order valence-electron chi connectivity index (χ0n) is 20.6. The Labute approximate surface area is 226 Å². The molecule has 1 heterocycles. The van der Waals surface area contributed by atoms with E-state index >= 15 is 0 Å². The Morgan fingerprint density at radius 1 is 1.03 bits per heavy atom. The quantitative estimate of drug-likeness (QED) is 0.288. The molecule has 0 aliphatic carbocycles. The van der Waals surface area contributed by atoms with Crippen LogP contribution in [0.3, 0.4) is 0 Å². The molecular weight excluding hydrogens is 542 g/mol. The number of carbonyl (C=O) groups excluding carboxylic acids is 1. The number of methoxy groups -OCH3 is 1. The monoisotopic (exact) mass is 571 g/mol. The van der Waals surface area contributed by atoms with E-state index in [1.165, 1.54) is 19.3 Å². The predicted molar refractivity (Wildman–Crippen MR) is 151 cm³/mol. The molecule has 1 amide bonds. The topological polar surface area (TPSA) is 62.8 Å². The lowest BCUT2D eigenvalue weighted by atomic mass is 10.1. The van der Waals surface area contributed by atoms with Crippen molar-refractivity contribution in [2.45, 2.75) is 32.7 Å². The number of hydrogen-bond acceptors (Lipinski definition) is 5. The van der Waals surface area contributed by atoms with Crippen molar-refractivity contribution in [3.8, 4) is 11.5 Å². The van der Waals surface area contributed by atoms with Crippen molar-refractivity contribution in [2.24, 2.45) is 0 Å². The fourth-order valence-corrected chi connectivity index (χ4v) is 5.10. The van der Waals surface area contributed by atoms with Crippen LogP contribution in [-0.2, 0) is 11.3 Å². The fraction of sp³-hybridized carbons (Fsp3) is 0.321. The van der Waals surface area contributed by atoms with E-state index in [0.29, 0.717) is 22.5 Å². The first-order valence-electron chi connectivity index (χ1n) is 12.1.